The Labute approximate surface area is 195 Å². The predicted octanol–water partition coefficient (Wildman–Crippen LogP) is 5.64. The number of ether oxygens (including phenoxy) is 1. The van der Waals surface area contributed by atoms with Crippen molar-refractivity contribution in [3.05, 3.63) is 82.9 Å². The van der Waals surface area contributed by atoms with E-state index in [1.165, 1.54) is 12.1 Å². The molecule has 0 saturated carbocycles. The SMILES string of the molecule is Cc1ccc(C(=O)Nc2ccc(N3CCOCC3)c(C(F)(F)F)c2)cc1-c1ccc(C#N)cc1. The van der Waals surface area contributed by atoms with Gasteiger partial charge in [0.15, 0.2) is 0 Å². The molecule has 0 bridgehead atoms. The lowest BCUT2D eigenvalue weighted by Crippen LogP contribution is -2.37. The summed E-state index contributed by atoms with van der Waals surface area (Å²) in [4.78, 5) is 14.5. The molecule has 0 radical (unpaired) electrons. The van der Waals surface area contributed by atoms with E-state index in [2.05, 4.69) is 11.4 Å². The standard InChI is InChI=1S/C26H22F3N3O2/c1-17-2-5-20(14-22(17)19-6-3-18(16-30)4-7-19)25(33)31-21-8-9-24(23(15-21)26(27,28)29)32-10-12-34-13-11-32/h2-9,14-15H,10-13H2,1H3,(H,31,33). The van der Waals surface area contributed by atoms with Crippen LogP contribution in [0.25, 0.3) is 11.1 Å². The lowest BCUT2D eigenvalue weighted by molar-refractivity contribution is -0.137. The topological polar surface area (TPSA) is 65.4 Å². The van der Waals surface area contributed by atoms with Crippen LogP contribution in [0.5, 0.6) is 0 Å². The summed E-state index contributed by atoms with van der Waals surface area (Å²) < 4.78 is 46.6. The minimum Gasteiger partial charge on any atom is -0.378 e. The van der Waals surface area contributed by atoms with Gasteiger partial charge in [-0.15, -0.1) is 0 Å². The number of hydrogen-bond acceptors (Lipinski definition) is 4. The number of alkyl halides is 3. The molecule has 1 heterocycles. The maximum Gasteiger partial charge on any atom is 0.418 e. The highest BCUT2D eigenvalue weighted by Gasteiger charge is 2.35. The van der Waals surface area contributed by atoms with Crippen molar-refractivity contribution in [3.63, 3.8) is 0 Å². The number of nitrogens with zero attached hydrogens (tertiary/aromatic N) is 2. The fourth-order valence-corrected chi connectivity index (χ4v) is 3.92. The number of nitrogens with one attached hydrogen (secondary N) is 1. The number of carbonyl (C=O) groups excluding carboxylic acids is 1. The van der Waals surface area contributed by atoms with Crippen molar-refractivity contribution in [3.8, 4) is 17.2 Å². The molecule has 1 N–H and O–H groups in total. The van der Waals surface area contributed by atoms with Gasteiger partial charge in [-0.2, -0.15) is 18.4 Å². The number of aryl methyl sites for hydroxylation is 1. The van der Waals surface area contributed by atoms with E-state index in [1.807, 2.05) is 6.92 Å². The van der Waals surface area contributed by atoms with E-state index in [-0.39, 0.29) is 11.4 Å². The van der Waals surface area contributed by atoms with E-state index in [1.54, 1.807) is 47.4 Å². The molecule has 1 amide bonds. The Morgan fingerprint density at radius 2 is 1.74 bits per heavy atom. The van der Waals surface area contributed by atoms with Crippen molar-refractivity contribution in [2.24, 2.45) is 0 Å². The van der Waals surface area contributed by atoms with Gasteiger partial charge in [0.25, 0.3) is 5.91 Å². The Bertz CT molecular complexity index is 1240. The van der Waals surface area contributed by atoms with E-state index in [0.717, 1.165) is 22.8 Å². The second kappa shape index (κ2) is 9.57. The van der Waals surface area contributed by atoms with Crippen LogP contribution in [-0.4, -0.2) is 32.2 Å². The zero-order valence-corrected chi connectivity index (χ0v) is 18.4. The Balaban J connectivity index is 1.60. The number of rotatable bonds is 4. The summed E-state index contributed by atoms with van der Waals surface area (Å²) in [6, 6.07) is 18.0. The summed E-state index contributed by atoms with van der Waals surface area (Å²) in [6.45, 7) is 3.37. The normalized spacial score (nSPS) is 13.9. The largest absolute Gasteiger partial charge is 0.418 e. The fraction of sp³-hybridized carbons (Fsp3) is 0.231. The van der Waals surface area contributed by atoms with E-state index in [0.29, 0.717) is 37.4 Å². The van der Waals surface area contributed by atoms with E-state index >= 15 is 0 Å². The molecule has 174 valence electrons. The van der Waals surface area contributed by atoms with E-state index < -0.39 is 17.6 Å². The first-order valence-electron chi connectivity index (χ1n) is 10.7. The van der Waals surface area contributed by atoms with Crippen LogP contribution in [0.4, 0.5) is 24.5 Å². The average Bonchev–Trinajstić information content (AvgIpc) is 2.84. The molecule has 1 saturated heterocycles. The Morgan fingerprint density at radius 3 is 2.38 bits per heavy atom. The second-order valence-electron chi connectivity index (χ2n) is 8.00. The summed E-state index contributed by atoms with van der Waals surface area (Å²) >= 11 is 0. The summed E-state index contributed by atoms with van der Waals surface area (Å²) in [7, 11) is 0. The number of halogens is 3. The lowest BCUT2D eigenvalue weighted by atomic mass is 9.97. The first-order valence-corrected chi connectivity index (χ1v) is 10.7. The molecule has 0 aromatic heterocycles. The van der Waals surface area contributed by atoms with Crippen LogP contribution >= 0.6 is 0 Å². The predicted molar refractivity (Wildman–Crippen MR) is 124 cm³/mol. The van der Waals surface area contributed by atoms with Crippen molar-refractivity contribution in [1.82, 2.24) is 0 Å². The maximum atomic E-state index is 13.8. The van der Waals surface area contributed by atoms with Gasteiger partial charge >= 0.3 is 6.18 Å². The van der Waals surface area contributed by atoms with Gasteiger partial charge in [0.1, 0.15) is 0 Å². The quantitative estimate of drug-likeness (QED) is 0.542. The third-order valence-corrected chi connectivity index (χ3v) is 5.74. The first kappa shape index (κ1) is 23.3. The van der Waals surface area contributed by atoms with Crippen molar-refractivity contribution in [1.29, 1.82) is 5.26 Å². The second-order valence-corrected chi connectivity index (χ2v) is 8.00. The summed E-state index contributed by atoms with van der Waals surface area (Å²) in [5.41, 5.74) is 2.75. The number of carbonyl (C=O) groups is 1. The van der Waals surface area contributed by atoms with Crippen LogP contribution in [0.2, 0.25) is 0 Å². The van der Waals surface area contributed by atoms with E-state index in [9.17, 15) is 18.0 Å². The molecule has 4 rings (SSSR count). The van der Waals surface area contributed by atoms with Crippen molar-refractivity contribution < 1.29 is 22.7 Å². The fourth-order valence-electron chi connectivity index (χ4n) is 3.92. The minimum atomic E-state index is -4.57. The number of anilines is 2. The van der Waals surface area contributed by atoms with Crippen LogP contribution in [0, 0.1) is 18.3 Å². The summed E-state index contributed by atoms with van der Waals surface area (Å²) in [5.74, 6) is -0.512. The highest BCUT2D eigenvalue weighted by Crippen LogP contribution is 2.38. The third kappa shape index (κ3) is 5.05. The first-order chi connectivity index (χ1) is 16.3. The molecule has 1 aliphatic heterocycles. The molecule has 3 aromatic carbocycles. The maximum absolute atomic E-state index is 13.8. The molecule has 5 nitrogen and oxygen atoms in total. The molecule has 1 aliphatic rings. The average molecular weight is 465 g/mol. The van der Waals surface area contributed by atoms with Gasteiger partial charge in [-0.25, -0.2) is 0 Å². The zero-order chi connectivity index (χ0) is 24.3. The number of hydrogen-bond donors (Lipinski definition) is 1. The van der Waals surface area contributed by atoms with Crippen molar-refractivity contribution in [2.75, 3.05) is 36.5 Å². The number of nitriles is 1. The number of benzene rings is 3. The highest BCUT2D eigenvalue weighted by molar-refractivity contribution is 6.05. The molecule has 34 heavy (non-hydrogen) atoms. The molecular weight excluding hydrogens is 443 g/mol. The number of amides is 1. The van der Waals surface area contributed by atoms with Gasteiger partial charge in [0, 0.05) is 30.0 Å². The van der Waals surface area contributed by atoms with Crippen LogP contribution < -0.4 is 10.2 Å². The Hall–Kier alpha value is -3.83. The Morgan fingerprint density at radius 1 is 1.03 bits per heavy atom. The molecule has 0 unspecified atom stereocenters. The molecule has 8 heteroatoms. The van der Waals surface area contributed by atoms with Crippen molar-refractivity contribution in [2.45, 2.75) is 13.1 Å². The van der Waals surface area contributed by atoms with Gasteiger partial charge in [0.2, 0.25) is 0 Å². The van der Waals surface area contributed by atoms with Crippen molar-refractivity contribution >= 4 is 17.3 Å². The molecular formula is C26H22F3N3O2. The Kier molecular flexibility index (Phi) is 6.57. The van der Waals surface area contributed by atoms with E-state index in [4.69, 9.17) is 10.00 Å². The smallest absolute Gasteiger partial charge is 0.378 e. The van der Waals surface area contributed by atoms with Gasteiger partial charge in [-0.3, -0.25) is 4.79 Å². The van der Waals surface area contributed by atoms with Crippen LogP contribution in [0.1, 0.15) is 27.0 Å². The molecule has 0 atom stereocenters. The summed E-state index contributed by atoms with van der Waals surface area (Å²) in [5, 5.41) is 11.6. The van der Waals surface area contributed by atoms with Gasteiger partial charge in [-0.1, -0.05) is 18.2 Å². The molecule has 0 aliphatic carbocycles. The van der Waals surface area contributed by atoms with Gasteiger partial charge < -0.3 is 15.0 Å². The minimum absolute atomic E-state index is 0.0647. The van der Waals surface area contributed by atoms with Crippen LogP contribution in [0.15, 0.2) is 60.7 Å². The molecule has 3 aromatic rings. The third-order valence-electron chi connectivity index (χ3n) is 5.74. The zero-order valence-electron chi connectivity index (χ0n) is 18.4. The van der Waals surface area contributed by atoms with Gasteiger partial charge in [-0.05, 0) is 66.1 Å². The molecule has 1 fully saturated rings. The lowest BCUT2D eigenvalue weighted by Gasteiger charge is -2.31. The molecule has 0 spiro atoms. The van der Waals surface area contributed by atoms with Crippen LogP contribution in [-0.2, 0) is 10.9 Å². The monoisotopic (exact) mass is 465 g/mol. The summed E-state index contributed by atoms with van der Waals surface area (Å²) in [6.07, 6.45) is -4.57. The van der Waals surface area contributed by atoms with Gasteiger partial charge in [0.05, 0.1) is 30.4 Å². The number of morpholine rings is 1. The van der Waals surface area contributed by atoms with Crippen LogP contribution in [0.3, 0.4) is 0 Å². The highest BCUT2D eigenvalue weighted by atomic mass is 19.4.